The second-order valence-corrected chi connectivity index (χ2v) is 6.52. The topological polar surface area (TPSA) is 53.7 Å². The Hall–Kier alpha value is -2.59. The van der Waals surface area contributed by atoms with Crippen LogP contribution in [0.4, 0.5) is 0 Å². The smallest absolute Gasteiger partial charge is 0.336 e. The molecule has 1 aromatic heterocycles. The summed E-state index contributed by atoms with van der Waals surface area (Å²) in [5.41, 5.74) is 4.33. The Morgan fingerprint density at radius 2 is 1.76 bits per heavy atom. The maximum absolute atomic E-state index is 11.9. The Morgan fingerprint density at radius 3 is 2.48 bits per heavy atom. The van der Waals surface area contributed by atoms with Crippen molar-refractivity contribution in [2.45, 2.75) is 33.4 Å². The van der Waals surface area contributed by atoms with E-state index in [1.807, 2.05) is 32.2 Å². The molecule has 0 saturated heterocycles. The van der Waals surface area contributed by atoms with Crippen LogP contribution in [-0.2, 0) is 19.5 Å². The lowest BCUT2D eigenvalue weighted by atomic mass is 10.0. The summed E-state index contributed by atoms with van der Waals surface area (Å²) in [5, 5.41) is 10.9. The van der Waals surface area contributed by atoms with Crippen LogP contribution in [0.15, 0.2) is 51.7 Å². The molecular weight excluding hydrogens is 314 g/mol. The van der Waals surface area contributed by atoms with Gasteiger partial charge < -0.3 is 9.52 Å². The van der Waals surface area contributed by atoms with Gasteiger partial charge in [-0.25, -0.2) is 4.79 Å². The lowest BCUT2D eigenvalue weighted by Gasteiger charge is -2.19. The van der Waals surface area contributed by atoms with Crippen molar-refractivity contribution in [3.63, 3.8) is 0 Å². The molecule has 130 valence electrons. The van der Waals surface area contributed by atoms with Crippen molar-refractivity contribution in [3.05, 3.63) is 75.1 Å². The number of phenolic OH excluding ortho intramolecular Hbond substituents is 1. The number of phenols is 1. The second-order valence-electron chi connectivity index (χ2n) is 6.52. The fraction of sp³-hybridized carbons (Fsp3) is 0.286. The van der Waals surface area contributed by atoms with Crippen LogP contribution in [0.25, 0.3) is 11.0 Å². The zero-order valence-electron chi connectivity index (χ0n) is 14.9. The third-order valence-corrected chi connectivity index (χ3v) is 4.55. The lowest BCUT2D eigenvalue weighted by molar-refractivity contribution is 0.318. The molecule has 0 bridgehead atoms. The highest BCUT2D eigenvalue weighted by Crippen LogP contribution is 2.27. The van der Waals surface area contributed by atoms with Gasteiger partial charge in [0.2, 0.25) is 0 Å². The minimum absolute atomic E-state index is 0.170. The Kier molecular flexibility index (Phi) is 4.91. The van der Waals surface area contributed by atoms with E-state index in [9.17, 15) is 9.90 Å². The van der Waals surface area contributed by atoms with Crippen molar-refractivity contribution in [1.82, 2.24) is 4.90 Å². The minimum Gasteiger partial charge on any atom is -0.508 e. The molecule has 0 aliphatic heterocycles. The van der Waals surface area contributed by atoms with Crippen LogP contribution in [0.3, 0.4) is 0 Å². The van der Waals surface area contributed by atoms with E-state index in [1.165, 1.54) is 11.1 Å². The number of benzene rings is 2. The molecule has 0 aliphatic rings. The second kappa shape index (κ2) is 7.11. The quantitative estimate of drug-likeness (QED) is 0.715. The maximum Gasteiger partial charge on any atom is 0.336 e. The zero-order chi connectivity index (χ0) is 18.0. The highest BCUT2D eigenvalue weighted by Gasteiger charge is 2.12. The molecule has 0 radical (unpaired) electrons. The number of hydrogen-bond donors (Lipinski definition) is 1. The zero-order valence-corrected chi connectivity index (χ0v) is 14.9. The van der Waals surface area contributed by atoms with E-state index in [2.05, 4.69) is 24.0 Å². The van der Waals surface area contributed by atoms with E-state index in [4.69, 9.17) is 4.42 Å². The molecule has 3 aromatic rings. The van der Waals surface area contributed by atoms with Gasteiger partial charge in [-0.3, -0.25) is 4.90 Å². The first-order valence-electron chi connectivity index (χ1n) is 8.49. The van der Waals surface area contributed by atoms with Gasteiger partial charge in [0.15, 0.2) is 0 Å². The van der Waals surface area contributed by atoms with E-state index in [-0.39, 0.29) is 5.75 Å². The van der Waals surface area contributed by atoms with Crippen LogP contribution in [0.5, 0.6) is 5.75 Å². The lowest BCUT2D eigenvalue weighted by Crippen LogP contribution is -2.19. The molecule has 1 N–H and O–H groups in total. The first kappa shape index (κ1) is 17.2. The summed E-state index contributed by atoms with van der Waals surface area (Å²) in [5.74, 6) is 0.170. The van der Waals surface area contributed by atoms with Gasteiger partial charge in [-0.05, 0) is 48.7 Å². The van der Waals surface area contributed by atoms with Gasteiger partial charge in [0.1, 0.15) is 11.3 Å². The molecule has 0 unspecified atom stereocenters. The summed E-state index contributed by atoms with van der Waals surface area (Å²) in [7, 11) is 2.04. The standard InChI is InChI=1S/C21H23NO3/c1-4-15-9-18-17(10-21(24)25-20(18)11-19(15)23)13-22(3)12-16-8-6-5-7-14(16)2/h5-11,23H,4,12-13H2,1-3H3. The molecule has 4 heteroatoms. The van der Waals surface area contributed by atoms with Crippen molar-refractivity contribution in [2.75, 3.05) is 7.05 Å². The summed E-state index contributed by atoms with van der Waals surface area (Å²) >= 11 is 0. The molecule has 4 nitrogen and oxygen atoms in total. The Balaban J connectivity index is 1.95. The molecule has 0 spiro atoms. The van der Waals surface area contributed by atoms with Gasteiger partial charge in [0, 0.05) is 30.6 Å². The molecule has 0 amide bonds. The Morgan fingerprint density at radius 1 is 1.04 bits per heavy atom. The van der Waals surface area contributed by atoms with Crippen molar-refractivity contribution >= 4 is 11.0 Å². The van der Waals surface area contributed by atoms with Crippen LogP contribution in [-0.4, -0.2) is 17.1 Å². The summed E-state index contributed by atoms with van der Waals surface area (Å²) in [6.07, 6.45) is 0.722. The number of fused-ring (bicyclic) bond motifs is 1. The molecule has 2 aromatic carbocycles. The monoisotopic (exact) mass is 337 g/mol. The first-order chi connectivity index (χ1) is 12.0. The minimum atomic E-state index is -0.393. The number of aromatic hydroxyl groups is 1. The van der Waals surface area contributed by atoms with Gasteiger partial charge >= 0.3 is 5.63 Å². The predicted octanol–water partition coefficient (Wildman–Crippen LogP) is 4.00. The van der Waals surface area contributed by atoms with E-state index in [0.717, 1.165) is 29.5 Å². The molecule has 3 rings (SSSR count). The highest BCUT2D eigenvalue weighted by atomic mass is 16.4. The summed E-state index contributed by atoms with van der Waals surface area (Å²) in [4.78, 5) is 14.1. The van der Waals surface area contributed by atoms with Gasteiger partial charge in [-0.15, -0.1) is 0 Å². The largest absolute Gasteiger partial charge is 0.508 e. The Labute approximate surface area is 147 Å². The van der Waals surface area contributed by atoms with E-state index in [0.29, 0.717) is 12.1 Å². The molecule has 0 atom stereocenters. The number of nitrogens with zero attached hydrogens (tertiary/aromatic N) is 1. The average molecular weight is 337 g/mol. The van der Waals surface area contributed by atoms with Crippen molar-refractivity contribution in [2.24, 2.45) is 0 Å². The number of aryl methyl sites for hydroxylation is 2. The Bertz CT molecular complexity index is 959. The van der Waals surface area contributed by atoms with E-state index < -0.39 is 5.63 Å². The third-order valence-electron chi connectivity index (χ3n) is 4.55. The fourth-order valence-corrected chi connectivity index (χ4v) is 3.15. The molecule has 25 heavy (non-hydrogen) atoms. The van der Waals surface area contributed by atoms with Crippen molar-refractivity contribution in [3.8, 4) is 5.75 Å². The first-order valence-corrected chi connectivity index (χ1v) is 8.49. The van der Waals surface area contributed by atoms with E-state index in [1.54, 1.807) is 12.1 Å². The fourth-order valence-electron chi connectivity index (χ4n) is 3.15. The summed E-state index contributed by atoms with van der Waals surface area (Å²) < 4.78 is 5.27. The van der Waals surface area contributed by atoms with Gasteiger partial charge in [-0.2, -0.15) is 0 Å². The van der Waals surface area contributed by atoms with Crippen LogP contribution in [0.2, 0.25) is 0 Å². The van der Waals surface area contributed by atoms with Crippen molar-refractivity contribution < 1.29 is 9.52 Å². The van der Waals surface area contributed by atoms with Crippen LogP contribution in [0.1, 0.15) is 29.2 Å². The van der Waals surface area contributed by atoms with Crippen LogP contribution >= 0.6 is 0 Å². The number of hydrogen-bond acceptors (Lipinski definition) is 4. The SMILES string of the molecule is CCc1cc2c(CN(C)Cc3ccccc3C)cc(=O)oc2cc1O. The highest BCUT2D eigenvalue weighted by molar-refractivity contribution is 5.82. The molecule has 0 fully saturated rings. The van der Waals surface area contributed by atoms with Crippen molar-refractivity contribution in [1.29, 1.82) is 0 Å². The molecule has 0 saturated carbocycles. The third kappa shape index (κ3) is 3.74. The normalized spacial score (nSPS) is 11.4. The van der Waals surface area contributed by atoms with Gasteiger partial charge in [0.05, 0.1) is 0 Å². The molecule has 0 aliphatic carbocycles. The average Bonchev–Trinajstić information content (AvgIpc) is 2.56. The van der Waals surface area contributed by atoms with E-state index >= 15 is 0 Å². The molecule has 1 heterocycles. The van der Waals surface area contributed by atoms with Gasteiger partial charge in [-0.1, -0.05) is 31.2 Å². The molecular formula is C21H23NO3. The van der Waals surface area contributed by atoms with Crippen LogP contribution in [0, 0.1) is 6.92 Å². The number of rotatable bonds is 5. The summed E-state index contributed by atoms with van der Waals surface area (Å²) in [6, 6.07) is 13.3. The van der Waals surface area contributed by atoms with Crippen LogP contribution < -0.4 is 5.63 Å². The maximum atomic E-state index is 11.9. The van der Waals surface area contributed by atoms with Gasteiger partial charge in [0.25, 0.3) is 0 Å². The summed E-state index contributed by atoms with van der Waals surface area (Å²) in [6.45, 7) is 5.52. The predicted molar refractivity (Wildman–Crippen MR) is 99.9 cm³/mol.